The molecule has 0 radical (unpaired) electrons. The number of carbonyl (C=O) groups excluding carboxylic acids is 2. The predicted molar refractivity (Wildman–Crippen MR) is 125 cm³/mol. The molecule has 0 spiro atoms. The van der Waals surface area contributed by atoms with E-state index in [1.54, 1.807) is 36.9 Å². The largest absolute Gasteiger partial charge is 0.320 e. The SMILES string of the molecule is Cc1c(N2C(=O)CS/C2=N/N=C2\C(=O)Nc3ccccc32)c(=O)n(-c2ccccc2)n1C. The second-order valence-corrected chi connectivity index (χ2v) is 8.20. The van der Waals surface area contributed by atoms with Gasteiger partial charge < -0.3 is 5.32 Å². The summed E-state index contributed by atoms with van der Waals surface area (Å²) in [5.74, 6) is -0.499. The summed E-state index contributed by atoms with van der Waals surface area (Å²) in [5, 5.41) is 11.4. The van der Waals surface area contributed by atoms with Crippen LogP contribution in [0.3, 0.4) is 0 Å². The van der Waals surface area contributed by atoms with Gasteiger partial charge in [0.25, 0.3) is 11.5 Å². The van der Waals surface area contributed by atoms with Crippen LogP contribution in [0.25, 0.3) is 5.69 Å². The number of thioether (sulfide) groups is 1. The fraction of sp³-hybridized carbons (Fsp3) is 0.136. The number of hydrogen-bond acceptors (Lipinski definition) is 6. The van der Waals surface area contributed by atoms with Crippen LogP contribution in [-0.2, 0) is 16.6 Å². The third-order valence-corrected chi connectivity index (χ3v) is 6.31. The van der Waals surface area contributed by atoms with Crippen molar-refractivity contribution in [3.05, 3.63) is 76.2 Å². The van der Waals surface area contributed by atoms with Gasteiger partial charge in [-0.1, -0.05) is 48.2 Å². The molecule has 0 unspecified atom stereocenters. The van der Waals surface area contributed by atoms with Crippen LogP contribution in [0.5, 0.6) is 0 Å². The van der Waals surface area contributed by atoms with Crippen LogP contribution in [0.1, 0.15) is 11.3 Å². The van der Waals surface area contributed by atoms with Gasteiger partial charge in [-0.15, -0.1) is 10.2 Å². The number of para-hydroxylation sites is 2. The standard InChI is InChI=1S/C22H18N6O3S/c1-13-19(21(31)28(26(13)2)14-8-4-3-5-9-14)27-17(29)12-32-22(27)25-24-18-15-10-6-7-11-16(15)23-20(18)30/h3-11H,12H2,1-2H3,(H,23,24,30)/b25-22+. The van der Waals surface area contributed by atoms with Crippen molar-refractivity contribution in [3.8, 4) is 5.69 Å². The van der Waals surface area contributed by atoms with Gasteiger partial charge in [0.2, 0.25) is 5.91 Å². The van der Waals surface area contributed by atoms with Crippen molar-refractivity contribution in [1.29, 1.82) is 0 Å². The molecule has 2 aliphatic heterocycles. The average Bonchev–Trinajstić information content (AvgIpc) is 3.38. The molecule has 1 N–H and O–H groups in total. The number of fused-ring (bicyclic) bond motifs is 1. The Hall–Kier alpha value is -3.92. The van der Waals surface area contributed by atoms with Crippen molar-refractivity contribution in [2.45, 2.75) is 6.92 Å². The van der Waals surface area contributed by atoms with Crippen LogP contribution in [0.15, 0.2) is 69.6 Å². The number of nitrogens with one attached hydrogen (secondary N) is 1. The highest BCUT2D eigenvalue weighted by atomic mass is 32.2. The monoisotopic (exact) mass is 446 g/mol. The summed E-state index contributed by atoms with van der Waals surface area (Å²) in [6, 6.07) is 16.4. The lowest BCUT2D eigenvalue weighted by atomic mass is 10.1. The van der Waals surface area contributed by atoms with E-state index in [9.17, 15) is 14.4 Å². The molecule has 0 bridgehead atoms. The Morgan fingerprint density at radius 1 is 0.969 bits per heavy atom. The second kappa shape index (κ2) is 7.65. The van der Waals surface area contributed by atoms with E-state index in [1.807, 2.05) is 36.4 Å². The number of nitrogens with zero attached hydrogens (tertiary/aromatic N) is 5. The first-order valence-electron chi connectivity index (χ1n) is 9.83. The van der Waals surface area contributed by atoms with Gasteiger partial charge in [-0.2, -0.15) is 0 Å². The van der Waals surface area contributed by atoms with E-state index >= 15 is 0 Å². The lowest BCUT2D eigenvalue weighted by Gasteiger charge is -2.13. The summed E-state index contributed by atoms with van der Waals surface area (Å²) in [7, 11) is 1.76. The Morgan fingerprint density at radius 2 is 1.69 bits per heavy atom. The third-order valence-electron chi connectivity index (χ3n) is 5.39. The zero-order valence-electron chi connectivity index (χ0n) is 17.3. The van der Waals surface area contributed by atoms with Gasteiger partial charge in [-0.25, -0.2) is 9.58 Å². The average molecular weight is 446 g/mol. The molecular formula is C22H18N6O3S. The Balaban J connectivity index is 1.60. The normalized spacial score (nSPS) is 18.0. The number of amides is 2. The van der Waals surface area contributed by atoms with E-state index in [1.165, 1.54) is 21.3 Å². The Kier molecular flexibility index (Phi) is 4.78. The number of rotatable bonds is 3. The van der Waals surface area contributed by atoms with Gasteiger partial charge in [-0.3, -0.25) is 19.1 Å². The number of anilines is 2. The van der Waals surface area contributed by atoms with Gasteiger partial charge in [0.05, 0.1) is 22.8 Å². The predicted octanol–water partition coefficient (Wildman–Crippen LogP) is 2.28. The number of amidine groups is 1. The maximum absolute atomic E-state index is 13.3. The fourth-order valence-electron chi connectivity index (χ4n) is 3.76. The number of aromatic nitrogens is 2. The van der Waals surface area contributed by atoms with E-state index in [4.69, 9.17) is 0 Å². The fourth-order valence-corrected chi connectivity index (χ4v) is 4.56. The Bertz CT molecular complexity index is 1390. The van der Waals surface area contributed by atoms with Gasteiger partial charge >= 0.3 is 0 Å². The summed E-state index contributed by atoms with van der Waals surface area (Å²) >= 11 is 1.18. The van der Waals surface area contributed by atoms with Gasteiger partial charge in [0, 0.05) is 12.6 Å². The summed E-state index contributed by atoms with van der Waals surface area (Å²) in [5.41, 5.74) is 2.65. The lowest BCUT2D eigenvalue weighted by molar-refractivity contribution is -0.115. The van der Waals surface area contributed by atoms with E-state index in [0.29, 0.717) is 22.6 Å². The first kappa shape index (κ1) is 20.0. The topological polar surface area (TPSA) is 101 Å². The minimum Gasteiger partial charge on any atom is -0.320 e. The molecule has 5 rings (SSSR count). The number of carbonyl (C=O) groups is 2. The summed E-state index contributed by atoms with van der Waals surface area (Å²) < 4.78 is 3.21. The van der Waals surface area contributed by atoms with Crippen molar-refractivity contribution < 1.29 is 9.59 Å². The molecular weight excluding hydrogens is 428 g/mol. The van der Waals surface area contributed by atoms with Crippen LogP contribution in [-0.4, -0.2) is 37.8 Å². The molecule has 1 fully saturated rings. The second-order valence-electron chi connectivity index (χ2n) is 7.26. The lowest BCUT2D eigenvalue weighted by Crippen LogP contribution is -2.34. The maximum Gasteiger partial charge on any atom is 0.296 e. The first-order valence-corrected chi connectivity index (χ1v) is 10.8. The number of benzene rings is 2. The molecule has 0 aliphatic carbocycles. The highest BCUT2D eigenvalue weighted by Crippen LogP contribution is 2.29. The van der Waals surface area contributed by atoms with E-state index < -0.39 is 0 Å². The van der Waals surface area contributed by atoms with E-state index in [0.717, 1.165) is 0 Å². The van der Waals surface area contributed by atoms with Gasteiger partial charge in [0.1, 0.15) is 5.69 Å². The summed E-state index contributed by atoms with van der Waals surface area (Å²) in [4.78, 5) is 39.7. The zero-order valence-corrected chi connectivity index (χ0v) is 18.1. The Morgan fingerprint density at radius 3 is 2.47 bits per heavy atom. The smallest absolute Gasteiger partial charge is 0.296 e. The third kappa shape index (κ3) is 3.07. The summed E-state index contributed by atoms with van der Waals surface area (Å²) in [6.45, 7) is 1.77. The molecule has 0 atom stereocenters. The quantitative estimate of drug-likeness (QED) is 0.624. The van der Waals surface area contributed by atoms with E-state index in [-0.39, 0.29) is 39.7 Å². The van der Waals surface area contributed by atoms with Crippen LogP contribution >= 0.6 is 11.8 Å². The molecule has 9 nitrogen and oxygen atoms in total. The molecule has 2 aromatic carbocycles. The van der Waals surface area contributed by atoms with Crippen molar-refractivity contribution in [2.24, 2.45) is 17.3 Å². The van der Waals surface area contributed by atoms with Gasteiger partial charge in [-0.05, 0) is 25.1 Å². The zero-order chi connectivity index (χ0) is 22.4. The van der Waals surface area contributed by atoms with Gasteiger partial charge in [0.15, 0.2) is 10.9 Å². The molecule has 1 aromatic heterocycles. The molecule has 2 aliphatic rings. The molecule has 2 amide bonds. The number of hydrogen-bond donors (Lipinski definition) is 1. The molecule has 1 saturated heterocycles. The highest BCUT2D eigenvalue weighted by molar-refractivity contribution is 8.15. The minimum atomic E-state index is -0.362. The molecule has 0 saturated carbocycles. The molecule has 10 heteroatoms. The van der Waals surface area contributed by atoms with Crippen LogP contribution in [0, 0.1) is 6.92 Å². The maximum atomic E-state index is 13.3. The van der Waals surface area contributed by atoms with Crippen molar-refractivity contribution >= 4 is 45.8 Å². The van der Waals surface area contributed by atoms with Crippen LogP contribution in [0.4, 0.5) is 11.4 Å². The van der Waals surface area contributed by atoms with Crippen molar-refractivity contribution in [3.63, 3.8) is 0 Å². The van der Waals surface area contributed by atoms with E-state index in [2.05, 4.69) is 15.5 Å². The summed E-state index contributed by atoms with van der Waals surface area (Å²) in [6.07, 6.45) is 0. The molecule has 160 valence electrons. The van der Waals surface area contributed by atoms with Crippen LogP contribution < -0.4 is 15.8 Å². The molecule has 3 aromatic rings. The van der Waals surface area contributed by atoms with Crippen molar-refractivity contribution in [2.75, 3.05) is 16.0 Å². The first-order chi connectivity index (χ1) is 15.5. The van der Waals surface area contributed by atoms with Crippen molar-refractivity contribution in [1.82, 2.24) is 9.36 Å². The Labute approximate surface area is 187 Å². The van der Waals surface area contributed by atoms with Crippen LogP contribution in [0.2, 0.25) is 0 Å². The molecule has 3 heterocycles. The minimum absolute atomic E-state index is 0.131. The highest BCUT2D eigenvalue weighted by Gasteiger charge is 2.36. The molecule has 32 heavy (non-hydrogen) atoms.